The second kappa shape index (κ2) is 4.94. The second-order valence-corrected chi connectivity index (χ2v) is 5.18. The zero-order valence-electron chi connectivity index (χ0n) is 10.9. The topological polar surface area (TPSA) is 80.0 Å². The zero-order chi connectivity index (χ0) is 13.2. The Balaban J connectivity index is 2.20. The first-order chi connectivity index (χ1) is 8.48. The van der Waals surface area contributed by atoms with Crippen LogP contribution < -0.4 is 16.4 Å². The number of anilines is 1. The quantitative estimate of drug-likeness (QED) is 0.746. The molecular formula is C13H20N4O. The maximum Gasteiger partial charge on any atom is 0.248 e. The Hall–Kier alpha value is -1.62. The number of aryl methyl sites for hydroxylation is 1. The van der Waals surface area contributed by atoms with Crippen LogP contribution in [-0.4, -0.2) is 29.5 Å². The highest BCUT2D eigenvalue weighted by atomic mass is 16.1. The van der Waals surface area contributed by atoms with Crippen molar-refractivity contribution in [3.8, 4) is 0 Å². The van der Waals surface area contributed by atoms with Crippen molar-refractivity contribution in [2.75, 3.05) is 18.4 Å². The molecule has 1 aliphatic rings. The van der Waals surface area contributed by atoms with Crippen LogP contribution >= 0.6 is 0 Å². The van der Waals surface area contributed by atoms with E-state index in [1.807, 2.05) is 6.92 Å². The number of hydrogen-bond acceptors (Lipinski definition) is 4. The molecular weight excluding hydrogens is 228 g/mol. The van der Waals surface area contributed by atoms with Gasteiger partial charge in [0.1, 0.15) is 5.82 Å². The van der Waals surface area contributed by atoms with Crippen LogP contribution in [0, 0.1) is 6.92 Å². The normalized spacial score (nSPS) is 18.3. The summed E-state index contributed by atoms with van der Waals surface area (Å²) in [6.45, 7) is 6.04. The van der Waals surface area contributed by atoms with Gasteiger partial charge in [-0.05, 0) is 51.9 Å². The van der Waals surface area contributed by atoms with E-state index in [1.165, 1.54) is 0 Å². The Morgan fingerprint density at radius 1 is 1.44 bits per heavy atom. The molecule has 5 heteroatoms. The van der Waals surface area contributed by atoms with Gasteiger partial charge < -0.3 is 16.4 Å². The fourth-order valence-corrected chi connectivity index (χ4v) is 2.29. The second-order valence-electron chi connectivity index (χ2n) is 5.18. The molecule has 2 rings (SSSR count). The van der Waals surface area contributed by atoms with Crippen molar-refractivity contribution >= 4 is 11.7 Å². The van der Waals surface area contributed by atoms with E-state index < -0.39 is 5.91 Å². The van der Waals surface area contributed by atoms with Crippen molar-refractivity contribution in [2.45, 2.75) is 32.2 Å². The molecule has 1 amide bonds. The smallest absolute Gasteiger partial charge is 0.248 e. The molecule has 0 bridgehead atoms. The highest BCUT2D eigenvalue weighted by Gasteiger charge is 2.26. The molecule has 98 valence electrons. The number of carbonyl (C=O) groups excluding carboxylic acids is 1. The van der Waals surface area contributed by atoms with Gasteiger partial charge in [0.2, 0.25) is 5.91 Å². The van der Waals surface area contributed by atoms with E-state index >= 15 is 0 Å². The summed E-state index contributed by atoms with van der Waals surface area (Å²) in [5.74, 6) is 0.312. The van der Waals surface area contributed by atoms with Gasteiger partial charge in [0.25, 0.3) is 0 Å². The number of piperidine rings is 1. The van der Waals surface area contributed by atoms with E-state index in [4.69, 9.17) is 5.73 Å². The summed E-state index contributed by atoms with van der Waals surface area (Å²) in [6, 6.07) is 3.43. The van der Waals surface area contributed by atoms with Crippen LogP contribution in [-0.2, 0) is 0 Å². The lowest BCUT2D eigenvalue weighted by atomic mass is 9.90. The maximum absolute atomic E-state index is 11.2. The average molecular weight is 248 g/mol. The summed E-state index contributed by atoms with van der Waals surface area (Å²) in [7, 11) is 0. The van der Waals surface area contributed by atoms with E-state index in [2.05, 4.69) is 22.5 Å². The molecule has 0 saturated carbocycles. The summed E-state index contributed by atoms with van der Waals surface area (Å²) >= 11 is 0. The SMILES string of the molecule is Cc1cc(C(N)=O)cc(NC2(C)CCNCC2)n1. The molecule has 0 radical (unpaired) electrons. The first-order valence-corrected chi connectivity index (χ1v) is 6.26. The molecule has 1 aromatic rings. The van der Waals surface area contributed by atoms with Crippen LogP contribution in [0.1, 0.15) is 35.8 Å². The first-order valence-electron chi connectivity index (χ1n) is 6.26. The summed E-state index contributed by atoms with van der Waals surface area (Å²) in [5.41, 5.74) is 6.64. The highest BCUT2D eigenvalue weighted by Crippen LogP contribution is 2.23. The number of nitrogens with one attached hydrogen (secondary N) is 2. The third-order valence-corrected chi connectivity index (χ3v) is 3.37. The summed E-state index contributed by atoms with van der Waals surface area (Å²) in [5, 5.41) is 6.77. The van der Waals surface area contributed by atoms with Crippen LogP contribution in [0.2, 0.25) is 0 Å². The van der Waals surface area contributed by atoms with Crippen molar-refractivity contribution in [2.24, 2.45) is 5.73 Å². The molecule has 0 spiro atoms. The van der Waals surface area contributed by atoms with Gasteiger partial charge >= 0.3 is 0 Å². The third kappa shape index (κ3) is 2.98. The molecule has 1 saturated heterocycles. The van der Waals surface area contributed by atoms with Gasteiger partial charge in [-0.3, -0.25) is 4.79 Å². The van der Waals surface area contributed by atoms with Crippen molar-refractivity contribution in [3.05, 3.63) is 23.4 Å². The van der Waals surface area contributed by atoms with Gasteiger partial charge in [0.15, 0.2) is 0 Å². The number of pyridine rings is 1. The van der Waals surface area contributed by atoms with Gasteiger partial charge in [0, 0.05) is 16.8 Å². The highest BCUT2D eigenvalue weighted by molar-refractivity contribution is 5.93. The first kappa shape index (κ1) is 12.8. The predicted octanol–water partition coefficient (Wildman–Crippen LogP) is 1.04. The van der Waals surface area contributed by atoms with Crippen LogP contribution in [0.15, 0.2) is 12.1 Å². The van der Waals surface area contributed by atoms with Crippen molar-refractivity contribution < 1.29 is 4.79 Å². The molecule has 1 fully saturated rings. The number of primary amides is 1. The maximum atomic E-state index is 11.2. The number of nitrogens with zero attached hydrogens (tertiary/aromatic N) is 1. The van der Waals surface area contributed by atoms with E-state index in [0.717, 1.165) is 37.4 Å². The molecule has 1 aromatic heterocycles. The third-order valence-electron chi connectivity index (χ3n) is 3.37. The van der Waals surface area contributed by atoms with Crippen LogP contribution in [0.3, 0.4) is 0 Å². The fourth-order valence-electron chi connectivity index (χ4n) is 2.29. The van der Waals surface area contributed by atoms with E-state index in [-0.39, 0.29) is 5.54 Å². The Morgan fingerprint density at radius 2 is 2.11 bits per heavy atom. The number of hydrogen-bond donors (Lipinski definition) is 3. The van der Waals surface area contributed by atoms with Gasteiger partial charge in [-0.25, -0.2) is 4.98 Å². The zero-order valence-corrected chi connectivity index (χ0v) is 10.9. The lowest BCUT2D eigenvalue weighted by Gasteiger charge is -2.35. The Morgan fingerprint density at radius 3 is 2.72 bits per heavy atom. The van der Waals surface area contributed by atoms with Crippen molar-refractivity contribution in [1.29, 1.82) is 0 Å². The Kier molecular flexibility index (Phi) is 3.52. The van der Waals surface area contributed by atoms with Crippen molar-refractivity contribution in [3.63, 3.8) is 0 Å². The number of rotatable bonds is 3. The van der Waals surface area contributed by atoms with Crippen LogP contribution in [0.25, 0.3) is 0 Å². The average Bonchev–Trinajstić information content (AvgIpc) is 2.28. The van der Waals surface area contributed by atoms with E-state index in [0.29, 0.717) is 5.56 Å². The van der Waals surface area contributed by atoms with Crippen molar-refractivity contribution in [1.82, 2.24) is 10.3 Å². The largest absolute Gasteiger partial charge is 0.366 e. The van der Waals surface area contributed by atoms with E-state index in [1.54, 1.807) is 12.1 Å². The minimum Gasteiger partial charge on any atom is -0.366 e. The van der Waals surface area contributed by atoms with Gasteiger partial charge in [-0.1, -0.05) is 0 Å². The number of amides is 1. The molecule has 0 aromatic carbocycles. The molecule has 0 atom stereocenters. The predicted molar refractivity (Wildman–Crippen MR) is 71.6 cm³/mol. The molecule has 4 N–H and O–H groups in total. The fraction of sp³-hybridized carbons (Fsp3) is 0.538. The van der Waals surface area contributed by atoms with Gasteiger partial charge in [-0.15, -0.1) is 0 Å². The molecule has 1 aliphatic heterocycles. The monoisotopic (exact) mass is 248 g/mol. The summed E-state index contributed by atoms with van der Waals surface area (Å²) in [4.78, 5) is 15.7. The van der Waals surface area contributed by atoms with E-state index in [9.17, 15) is 4.79 Å². The molecule has 2 heterocycles. The molecule has 5 nitrogen and oxygen atoms in total. The lowest BCUT2D eigenvalue weighted by molar-refractivity contribution is 0.1000. The number of aromatic nitrogens is 1. The number of nitrogens with two attached hydrogens (primary N) is 1. The summed E-state index contributed by atoms with van der Waals surface area (Å²) in [6.07, 6.45) is 2.07. The molecule has 0 unspecified atom stereocenters. The number of carbonyl (C=O) groups is 1. The Labute approximate surface area is 107 Å². The molecule has 18 heavy (non-hydrogen) atoms. The van der Waals surface area contributed by atoms with Gasteiger partial charge in [-0.2, -0.15) is 0 Å². The standard InChI is InChI=1S/C13H20N4O/c1-9-7-10(12(14)18)8-11(16-9)17-13(2)3-5-15-6-4-13/h7-8,15H,3-6H2,1-2H3,(H2,14,18)(H,16,17). The minimum absolute atomic E-state index is 0.0287. The van der Waals surface area contributed by atoms with Crippen LogP contribution in [0.5, 0.6) is 0 Å². The van der Waals surface area contributed by atoms with Crippen LogP contribution in [0.4, 0.5) is 5.82 Å². The van der Waals surface area contributed by atoms with Gasteiger partial charge in [0.05, 0.1) is 0 Å². The Bertz CT molecular complexity index is 452. The summed E-state index contributed by atoms with van der Waals surface area (Å²) < 4.78 is 0. The lowest BCUT2D eigenvalue weighted by Crippen LogP contribution is -2.45. The minimum atomic E-state index is -0.418. The molecule has 0 aliphatic carbocycles.